The van der Waals surface area contributed by atoms with E-state index >= 15 is 0 Å². The molecule has 0 heterocycles. The van der Waals surface area contributed by atoms with Crippen molar-refractivity contribution in [1.82, 2.24) is 5.48 Å². The highest BCUT2D eigenvalue weighted by Crippen LogP contribution is 1.86. The van der Waals surface area contributed by atoms with Crippen molar-refractivity contribution in [2.75, 3.05) is 0 Å². The summed E-state index contributed by atoms with van der Waals surface area (Å²) in [6.07, 6.45) is 4.10. The number of carbonyl (C=O) groups is 1. The molecule has 3 nitrogen and oxygen atoms in total. The molecule has 0 unspecified atom stereocenters. The maximum absolute atomic E-state index is 10.7. The minimum Gasteiger partial charge on any atom is -0.387 e. The van der Waals surface area contributed by atoms with E-state index in [9.17, 15) is 4.79 Å². The van der Waals surface area contributed by atoms with Crippen LogP contribution in [0.5, 0.6) is 0 Å². The van der Waals surface area contributed by atoms with Gasteiger partial charge in [0.05, 0.1) is 0 Å². The van der Waals surface area contributed by atoms with Crippen molar-refractivity contribution in [2.24, 2.45) is 0 Å². The number of hydrogen-bond donors (Lipinski definition) is 1. The van der Waals surface area contributed by atoms with Crippen molar-refractivity contribution in [1.29, 1.82) is 0 Å². The maximum atomic E-state index is 10.7. The van der Waals surface area contributed by atoms with Gasteiger partial charge in [-0.25, -0.2) is 0 Å². The van der Waals surface area contributed by atoms with Gasteiger partial charge in [-0.2, -0.15) is 5.48 Å². The summed E-state index contributed by atoms with van der Waals surface area (Å²) in [7, 11) is 0. The molecule has 11 heavy (non-hydrogen) atoms. The van der Waals surface area contributed by atoms with Gasteiger partial charge in [-0.3, -0.25) is 4.79 Å². The molecule has 0 aromatic carbocycles. The van der Waals surface area contributed by atoms with Crippen molar-refractivity contribution in [3.8, 4) is 0 Å². The highest BCUT2D eigenvalue weighted by atomic mass is 16.6. The van der Waals surface area contributed by atoms with Gasteiger partial charge in [0.25, 0.3) is 5.91 Å². The molecule has 3 heteroatoms. The average Bonchev–Trinajstić information content (AvgIpc) is 1.97. The van der Waals surface area contributed by atoms with Crippen LogP contribution in [0.4, 0.5) is 0 Å². The highest BCUT2D eigenvalue weighted by molar-refractivity contribution is 5.91. The summed E-state index contributed by atoms with van der Waals surface area (Å²) < 4.78 is 0. The number of carbonyl (C=O) groups excluding carboxylic acids is 1. The summed E-state index contributed by atoms with van der Waals surface area (Å²) in [5.74, 6) is -0.300. The van der Waals surface area contributed by atoms with Gasteiger partial charge in [-0.15, -0.1) is 0 Å². The van der Waals surface area contributed by atoms with E-state index in [0.29, 0.717) is 5.57 Å². The molecule has 0 spiro atoms. The topological polar surface area (TPSA) is 38.3 Å². The first-order chi connectivity index (χ1) is 5.18. The van der Waals surface area contributed by atoms with Gasteiger partial charge in [0.1, 0.15) is 6.26 Å². The molecule has 0 aliphatic heterocycles. The third-order valence-electron chi connectivity index (χ3n) is 0.939. The lowest BCUT2D eigenvalue weighted by molar-refractivity contribution is -0.125. The summed E-state index contributed by atoms with van der Waals surface area (Å²) >= 11 is 0. The Hall–Kier alpha value is -1.25. The molecule has 0 saturated heterocycles. The Balaban J connectivity index is 3.47. The molecule has 0 aromatic rings. The summed E-state index contributed by atoms with van der Waals surface area (Å²) in [5, 5.41) is 0. The minimum atomic E-state index is -0.300. The van der Waals surface area contributed by atoms with E-state index in [1.807, 2.05) is 6.92 Å². The molecular formula is C8H13NO2. The molecule has 0 aliphatic rings. The first-order valence-corrected chi connectivity index (χ1v) is 3.45. The molecular weight excluding hydrogens is 142 g/mol. The zero-order valence-electron chi connectivity index (χ0n) is 6.89. The minimum absolute atomic E-state index is 0.300. The standard InChI is InChI=1S/C8H13NO2/c1-4-5-6-11-9-8(10)7(2)3/h5-6H,2,4H2,1,3H3,(H,9,10)/b6-5+. The van der Waals surface area contributed by atoms with E-state index in [2.05, 4.69) is 16.9 Å². The van der Waals surface area contributed by atoms with Crippen LogP contribution in [0.1, 0.15) is 20.3 Å². The van der Waals surface area contributed by atoms with E-state index in [1.54, 1.807) is 13.0 Å². The second-order valence-electron chi connectivity index (χ2n) is 2.11. The monoisotopic (exact) mass is 155 g/mol. The molecule has 0 saturated carbocycles. The van der Waals surface area contributed by atoms with Crippen molar-refractivity contribution in [3.05, 3.63) is 24.5 Å². The van der Waals surface area contributed by atoms with Crippen molar-refractivity contribution in [2.45, 2.75) is 20.3 Å². The second kappa shape index (κ2) is 5.53. The Bertz CT molecular complexity index is 173. The maximum Gasteiger partial charge on any atom is 0.278 e. The molecule has 1 amide bonds. The van der Waals surface area contributed by atoms with Crippen LogP contribution in [-0.4, -0.2) is 5.91 Å². The van der Waals surface area contributed by atoms with Crippen LogP contribution >= 0.6 is 0 Å². The van der Waals surface area contributed by atoms with Crippen LogP contribution in [0.15, 0.2) is 24.5 Å². The molecule has 1 N–H and O–H groups in total. The quantitative estimate of drug-likeness (QED) is 0.380. The lowest BCUT2D eigenvalue weighted by atomic mass is 10.3. The van der Waals surface area contributed by atoms with Gasteiger partial charge in [-0.05, 0) is 19.4 Å². The second-order valence-corrected chi connectivity index (χ2v) is 2.11. The van der Waals surface area contributed by atoms with Gasteiger partial charge < -0.3 is 4.84 Å². The molecule has 0 fully saturated rings. The summed E-state index contributed by atoms with van der Waals surface area (Å²) in [6.45, 7) is 7.02. The summed E-state index contributed by atoms with van der Waals surface area (Å²) in [5.41, 5.74) is 2.62. The fourth-order valence-electron chi connectivity index (χ4n) is 0.319. The molecule has 0 rings (SSSR count). The lowest BCUT2D eigenvalue weighted by Gasteiger charge is -2.00. The Labute approximate surface area is 66.7 Å². The van der Waals surface area contributed by atoms with Gasteiger partial charge in [0.2, 0.25) is 0 Å². The van der Waals surface area contributed by atoms with Crippen molar-refractivity contribution >= 4 is 5.91 Å². The number of hydroxylamine groups is 1. The Morgan fingerprint density at radius 1 is 1.73 bits per heavy atom. The Kier molecular flexibility index (Phi) is 4.90. The largest absolute Gasteiger partial charge is 0.387 e. The zero-order valence-corrected chi connectivity index (χ0v) is 6.89. The fraction of sp³-hybridized carbons (Fsp3) is 0.375. The number of nitrogens with one attached hydrogen (secondary N) is 1. The summed E-state index contributed by atoms with van der Waals surface area (Å²) in [4.78, 5) is 15.4. The van der Waals surface area contributed by atoms with E-state index in [-0.39, 0.29) is 5.91 Å². The zero-order chi connectivity index (χ0) is 8.69. The average molecular weight is 155 g/mol. The lowest BCUT2D eigenvalue weighted by Crippen LogP contribution is -2.21. The van der Waals surface area contributed by atoms with E-state index < -0.39 is 0 Å². The predicted octanol–water partition coefficient (Wildman–Crippen LogP) is 1.53. The number of hydrogen-bond acceptors (Lipinski definition) is 2. The van der Waals surface area contributed by atoms with Crippen molar-refractivity contribution in [3.63, 3.8) is 0 Å². The van der Waals surface area contributed by atoms with Crippen LogP contribution in [-0.2, 0) is 9.63 Å². The first-order valence-electron chi connectivity index (χ1n) is 3.45. The third kappa shape index (κ3) is 5.21. The number of allylic oxidation sites excluding steroid dienone is 1. The molecule has 0 aliphatic carbocycles. The molecule has 0 bridgehead atoms. The van der Waals surface area contributed by atoms with Gasteiger partial charge >= 0.3 is 0 Å². The molecule has 0 aromatic heterocycles. The normalized spacial score (nSPS) is 9.64. The first kappa shape index (κ1) is 9.75. The molecule has 62 valence electrons. The smallest absolute Gasteiger partial charge is 0.278 e. The molecule has 0 radical (unpaired) electrons. The highest BCUT2D eigenvalue weighted by Gasteiger charge is 1.97. The SMILES string of the molecule is C=C(C)C(=O)NO/C=C/CC. The fourth-order valence-corrected chi connectivity index (χ4v) is 0.319. The van der Waals surface area contributed by atoms with Gasteiger partial charge in [0.15, 0.2) is 0 Å². The number of amides is 1. The number of rotatable bonds is 4. The molecule has 0 atom stereocenters. The summed E-state index contributed by atoms with van der Waals surface area (Å²) in [6, 6.07) is 0. The Morgan fingerprint density at radius 3 is 2.82 bits per heavy atom. The van der Waals surface area contributed by atoms with E-state index in [1.165, 1.54) is 6.26 Å². The van der Waals surface area contributed by atoms with E-state index in [4.69, 9.17) is 0 Å². The van der Waals surface area contributed by atoms with Gasteiger partial charge in [-0.1, -0.05) is 13.5 Å². The Morgan fingerprint density at radius 2 is 2.36 bits per heavy atom. The predicted molar refractivity (Wildman–Crippen MR) is 43.5 cm³/mol. The van der Waals surface area contributed by atoms with Crippen LogP contribution in [0.2, 0.25) is 0 Å². The van der Waals surface area contributed by atoms with E-state index in [0.717, 1.165) is 6.42 Å². The van der Waals surface area contributed by atoms with Crippen molar-refractivity contribution < 1.29 is 9.63 Å². The third-order valence-corrected chi connectivity index (χ3v) is 0.939. The van der Waals surface area contributed by atoms with Crippen LogP contribution in [0, 0.1) is 0 Å². The van der Waals surface area contributed by atoms with Crippen LogP contribution < -0.4 is 5.48 Å². The van der Waals surface area contributed by atoms with Crippen LogP contribution in [0.3, 0.4) is 0 Å². The van der Waals surface area contributed by atoms with Crippen LogP contribution in [0.25, 0.3) is 0 Å². The van der Waals surface area contributed by atoms with Gasteiger partial charge in [0, 0.05) is 5.57 Å².